The second-order valence-electron chi connectivity index (χ2n) is 8.84. The first kappa shape index (κ1) is 25.0. The number of ether oxygens (including phenoxy) is 1. The van der Waals surface area contributed by atoms with Crippen LogP contribution < -0.4 is 4.74 Å². The van der Waals surface area contributed by atoms with Crippen LogP contribution in [0.25, 0.3) is 21.9 Å². The Bertz CT molecular complexity index is 1220. The van der Waals surface area contributed by atoms with Gasteiger partial charge in [0, 0.05) is 31.6 Å². The number of carboxylic acids is 1. The standard InChI is InChI=1S/C27H27F4NO3/c1-35-23-10-8-18(16-32-14-12-19(28)13-15-32)26(27(29,30)31)25(23)22-7-3-5-20-17(9-11-24(33)34)4-2-6-21(20)22/h2-8,10,19H,9,11-16H2,1H3,(H,33,34). The van der Waals surface area contributed by atoms with Crippen molar-refractivity contribution < 1.29 is 32.2 Å². The highest BCUT2D eigenvalue weighted by Crippen LogP contribution is 2.46. The molecule has 1 N–H and O–H groups in total. The molecule has 1 aliphatic rings. The van der Waals surface area contributed by atoms with Crippen molar-refractivity contribution in [1.29, 1.82) is 0 Å². The number of likely N-dealkylation sites (tertiary alicyclic amines) is 1. The maximum absolute atomic E-state index is 14.6. The van der Waals surface area contributed by atoms with Gasteiger partial charge in [0.1, 0.15) is 11.9 Å². The number of nitrogens with zero attached hydrogens (tertiary/aromatic N) is 1. The highest BCUT2D eigenvalue weighted by Gasteiger charge is 2.39. The highest BCUT2D eigenvalue weighted by molar-refractivity contribution is 6.00. The number of aliphatic carboxylic acids is 1. The van der Waals surface area contributed by atoms with E-state index in [0.717, 1.165) is 5.56 Å². The molecule has 4 rings (SSSR count). The molecule has 8 heteroatoms. The van der Waals surface area contributed by atoms with Crippen LogP contribution in [0, 0.1) is 0 Å². The van der Waals surface area contributed by atoms with E-state index in [9.17, 15) is 22.4 Å². The van der Waals surface area contributed by atoms with Gasteiger partial charge < -0.3 is 9.84 Å². The Kier molecular flexibility index (Phi) is 7.31. The van der Waals surface area contributed by atoms with Crippen molar-refractivity contribution in [1.82, 2.24) is 4.90 Å². The molecule has 1 fully saturated rings. The summed E-state index contributed by atoms with van der Waals surface area (Å²) >= 11 is 0. The lowest BCUT2D eigenvalue weighted by atomic mass is 9.88. The maximum atomic E-state index is 14.6. The number of carboxylic acid groups (broad SMARTS) is 1. The number of benzene rings is 3. The molecule has 0 amide bonds. The molecule has 186 valence electrons. The Hall–Kier alpha value is -3.13. The molecule has 1 saturated heterocycles. The normalized spacial score (nSPS) is 15.5. The van der Waals surface area contributed by atoms with Gasteiger partial charge in [-0.15, -0.1) is 0 Å². The molecule has 4 nitrogen and oxygen atoms in total. The SMILES string of the molecule is COc1ccc(CN2CCC(F)CC2)c(C(F)(F)F)c1-c1cccc2c(CCC(=O)O)cccc12. The molecule has 0 atom stereocenters. The van der Waals surface area contributed by atoms with E-state index in [2.05, 4.69) is 0 Å². The average molecular weight is 490 g/mol. The van der Waals surface area contributed by atoms with Crippen molar-refractivity contribution in [3.8, 4) is 16.9 Å². The number of fused-ring (bicyclic) bond motifs is 1. The zero-order valence-electron chi connectivity index (χ0n) is 19.4. The van der Waals surface area contributed by atoms with Crippen LogP contribution in [-0.2, 0) is 23.9 Å². The number of carbonyl (C=O) groups is 1. The third-order valence-electron chi connectivity index (χ3n) is 6.56. The molecule has 0 bridgehead atoms. The maximum Gasteiger partial charge on any atom is 0.417 e. The summed E-state index contributed by atoms with van der Waals surface area (Å²) in [5.41, 5.74) is 0.434. The summed E-state index contributed by atoms with van der Waals surface area (Å²) < 4.78 is 62.8. The van der Waals surface area contributed by atoms with Crippen LogP contribution in [0.5, 0.6) is 5.75 Å². The lowest BCUT2D eigenvalue weighted by molar-refractivity contribution is -0.138. The average Bonchev–Trinajstić information content (AvgIpc) is 2.82. The highest BCUT2D eigenvalue weighted by atomic mass is 19.4. The monoisotopic (exact) mass is 489 g/mol. The molecule has 35 heavy (non-hydrogen) atoms. The summed E-state index contributed by atoms with van der Waals surface area (Å²) in [6.45, 7) is 0.870. The predicted molar refractivity (Wildman–Crippen MR) is 126 cm³/mol. The van der Waals surface area contributed by atoms with Gasteiger partial charge in [-0.05, 0) is 52.8 Å². The van der Waals surface area contributed by atoms with Gasteiger partial charge in [0.15, 0.2) is 0 Å². The summed E-state index contributed by atoms with van der Waals surface area (Å²) in [5.74, 6) is -0.837. The Morgan fingerprint density at radius 3 is 2.37 bits per heavy atom. The minimum atomic E-state index is -4.65. The number of alkyl halides is 4. The molecule has 0 spiro atoms. The largest absolute Gasteiger partial charge is 0.496 e. The number of piperidine rings is 1. The molecule has 0 aliphatic carbocycles. The van der Waals surface area contributed by atoms with Gasteiger partial charge in [-0.1, -0.05) is 42.5 Å². The van der Waals surface area contributed by atoms with E-state index in [1.54, 1.807) is 42.5 Å². The number of rotatable bonds is 7. The van der Waals surface area contributed by atoms with Gasteiger partial charge in [0.2, 0.25) is 0 Å². The summed E-state index contributed by atoms with van der Waals surface area (Å²) in [4.78, 5) is 12.9. The Morgan fingerprint density at radius 2 is 1.71 bits per heavy atom. The summed E-state index contributed by atoms with van der Waals surface area (Å²) in [6.07, 6.45) is -4.75. The molecular formula is C27H27F4NO3. The van der Waals surface area contributed by atoms with Crippen LogP contribution >= 0.6 is 0 Å². The van der Waals surface area contributed by atoms with Crippen molar-refractivity contribution in [2.45, 2.75) is 44.6 Å². The third kappa shape index (κ3) is 5.42. The van der Waals surface area contributed by atoms with Crippen LogP contribution in [0.2, 0.25) is 0 Å². The third-order valence-corrected chi connectivity index (χ3v) is 6.56. The van der Waals surface area contributed by atoms with E-state index in [4.69, 9.17) is 9.84 Å². The second kappa shape index (κ2) is 10.2. The summed E-state index contributed by atoms with van der Waals surface area (Å²) in [7, 11) is 1.34. The van der Waals surface area contributed by atoms with Gasteiger partial charge >= 0.3 is 12.1 Å². The first-order valence-corrected chi connectivity index (χ1v) is 11.5. The van der Waals surface area contributed by atoms with Crippen LogP contribution in [0.15, 0.2) is 48.5 Å². The first-order chi connectivity index (χ1) is 16.7. The number of methoxy groups -OCH3 is 1. The molecule has 0 radical (unpaired) electrons. The van der Waals surface area contributed by atoms with Crippen LogP contribution in [0.3, 0.4) is 0 Å². The zero-order valence-corrected chi connectivity index (χ0v) is 19.4. The topological polar surface area (TPSA) is 49.8 Å². The van der Waals surface area contributed by atoms with Crippen molar-refractivity contribution in [2.24, 2.45) is 0 Å². The molecule has 1 heterocycles. The minimum Gasteiger partial charge on any atom is -0.496 e. The Labute approximate surface area is 201 Å². The van der Waals surface area contributed by atoms with E-state index < -0.39 is 23.9 Å². The van der Waals surface area contributed by atoms with Gasteiger partial charge in [0.25, 0.3) is 0 Å². The van der Waals surface area contributed by atoms with E-state index in [1.807, 2.05) is 4.90 Å². The van der Waals surface area contributed by atoms with Gasteiger partial charge in [-0.3, -0.25) is 9.69 Å². The quantitative estimate of drug-likeness (QED) is 0.386. The number of aryl methyl sites for hydroxylation is 1. The van der Waals surface area contributed by atoms with Crippen molar-refractivity contribution in [3.05, 3.63) is 65.2 Å². The fourth-order valence-corrected chi connectivity index (χ4v) is 4.87. The van der Waals surface area contributed by atoms with E-state index in [1.165, 1.54) is 13.2 Å². The molecule has 3 aromatic rings. The van der Waals surface area contributed by atoms with E-state index >= 15 is 0 Å². The molecule has 0 aromatic heterocycles. The van der Waals surface area contributed by atoms with E-state index in [0.29, 0.717) is 42.3 Å². The smallest absolute Gasteiger partial charge is 0.417 e. The van der Waals surface area contributed by atoms with Crippen molar-refractivity contribution >= 4 is 16.7 Å². The summed E-state index contributed by atoms with van der Waals surface area (Å²) in [6, 6.07) is 13.4. The fraction of sp³-hybridized carbons (Fsp3) is 0.370. The Balaban J connectivity index is 1.89. The van der Waals surface area contributed by atoms with Gasteiger partial charge in [-0.25, -0.2) is 4.39 Å². The molecular weight excluding hydrogens is 462 g/mol. The number of halogens is 4. The lowest BCUT2D eigenvalue weighted by Gasteiger charge is -2.30. The molecule has 0 saturated carbocycles. The van der Waals surface area contributed by atoms with Crippen molar-refractivity contribution in [2.75, 3.05) is 20.2 Å². The number of hydrogen-bond acceptors (Lipinski definition) is 3. The second-order valence-corrected chi connectivity index (χ2v) is 8.84. The Morgan fingerprint density at radius 1 is 1.03 bits per heavy atom. The first-order valence-electron chi connectivity index (χ1n) is 11.5. The number of hydrogen-bond donors (Lipinski definition) is 1. The van der Waals surface area contributed by atoms with E-state index in [-0.39, 0.29) is 36.3 Å². The minimum absolute atomic E-state index is 0.0427. The molecule has 0 unspecified atom stereocenters. The van der Waals surface area contributed by atoms with Gasteiger partial charge in [0.05, 0.1) is 12.7 Å². The summed E-state index contributed by atoms with van der Waals surface area (Å²) in [5, 5.41) is 10.4. The van der Waals surface area contributed by atoms with Crippen molar-refractivity contribution in [3.63, 3.8) is 0 Å². The van der Waals surface area contributed by atoms with Gasteiger partial charge in [-0.2, -0.15) is 13.2 Å². The van der Waals surface area contributed by atoms with Crippen LogP contribution in [0.1, 0.15) is 36.0 Å². The molecule has 1 aliphatic heterocycles. The molecule has 3 aromatic carbocycles. The predicted octanol–water partition coefficient (Wildman–Crippen LogP) is 6.49. The zero-order chi connectivity index (χ0) is 25.2. The lowest BCUT2D eigenvalue weighted by Crippen LogP contribution is -2.34. The fourth-order valence-electron chi connectivity index (χ4n) is 4.87. The van der Waals surface area contributed by atoms with Crippen LogP contribution in [-0.4, -0.2) is 42.3 Å². The van der Waals surface area contributed by atoms with Crippen LogP contribution in [0.4, 0.5) is 17.6 Å².